The Morgan fingerprint density at radius 3 is 2.83 bits per heavy atom. The molecule has 0 aliphatic rings. The summed E-state index contributed by atoms with van der Waals surface area (Å²) in [4.78, 5) is 4.04. The van der Waals surface area contributed by atoms with Crippen LogP contribution in [-0.2, 0) is 0 Å². The van der Waals surface area contributed by atoms with Gasteiger partial charge in [0.25, 0.3) is 0 Å². The third kappa shape index (κ3) is 3.34. The molecule has 1 atom stereocenters. The predicted octanol–water partition coefficient (Wildman–Crippen LogP) is 1.51. The van der Waals surface area contributed by atoms with Gasteiger partial charge in [0.2, 0.25) is 0 Å². The van der Waals surface area contributed by atoms with Gasteiger partial charge in [-0.15, -0.1) is 0 Å². The van der Waals surface area contributed by atoms with E-state index in [1.165, 1.54) is 0 Å². The minimum absolute atomic E-state index is 0. The Balaban J connectivity index is 0.00000121. The summed E-state index contributed by atoms with van der Waals surface area (Å²) in [6, 6.07) is 5.69. The molecule has 0 radical (unpaired) electrons. The van der Waals surface area contributed by atoms with Crippen molar-refractivity contribution in [1.29, 1.82) is 0 Å². The standard InChI is InChI=1S/C8H12N2O.CH4/c1-7(6-11)10-8-4-2-3-5-9-8;/h2-5,7,11H,6H2,1H3,(H,9,10);1H4. The second-order valence-electron chi connectivity index (χ2n) is 2.44. The maximum absolute atomic E-state index is 8.71. The largest absolute Gasteiger partial charge is 0.394 e. The summed E-state index contributed by atoms with van der Waals surface area (Å²) in [6.07, 6.45) is 1.71. The average Bonchev–Trinajstić information content (AvgIpc) is 2.06. The van der Waals surface area contributed by atoms with E-state index < -0.39 is 0 Å². The van der Waals surface area contributed by atoms with Gasteiger partial charge in [0.15, 0.2) is 0 Å². The lowest BCUT2D eigenvalue weighted by atomic mass is 10.3. The molecule has 2 N–H and O–H groups in total. The van der Waals surface area contributed by atoms with Gasteiger partial charge in [-0.25, -0.2) is 4.98 Å². The van der Waals surface area contributed by atoms with E-state index in [1.807, 2.05) is 25.1 Å². The monoisotopic (exact) mass is 168 g/mol. The molecule has 12 heavy (non-hydrogen) atoms. The smallest absolute Gasteiger partial charge is 0.126 e. The zero-order valence-electron chi connectivity index (χ0n) is 6.49. The van der Waals surface area contributed by atoms with E-state index in [0.29, 0.717) is 0 Å². The maximum Gasteiger partial charge on any atom is 0.126 e. The number of nitrogens with one attached hydrogen (secondary N) is 1. The van der Waals surface area contributed by atoms with Crippen molar-refractivity contribution in [2.45, 2.75) is 20.4 Å². The van der Waals surface area contributed by atoms with Crippen molar-refractivity contribution in [3.63, 3.8) is 0 Å². The van der Waals surface area contributed by atoms with Crippen molar-refractivity contribution < 1.29 is 5.11 Å². The second kappa shape index (κ2) is 5.55. The second-order valence-corrected chi connectivity index (χ2v) is 2.44. The Morgan fingerprint density at radius 1 is 1.58 bits per heavy atom. The fourth-order valence-corrected chi connectivity index (χ4v) is 0.746. The number of anilines is 1. The Morgan fingerprint density at radius 2 is 2.33 bits per heavy atom. The van der Waals surface area contributed by atoms with E-state index in [1.54, 1.807) is 6.20 Å². The van der Waals surface area contributed by atoms with E-state index in [4.69, 9.17) is 5.11 Å². The zero-order chi connectivity index (χ0) is 8.10. The molecule has 1 aromatic heterocycles. The van der Waals surface area contributed by atoms with Crippen LogP contribution in [0.4, 0.5) is 5.82 Å². The number of hydrogen-bond acceptors (Lipinski definition) is 3. The van der Waals surface area contributed by atoms with Crippen molar-refractivity contribution in [3.05, 3.63) is 24.4 Å². The van der Waals surface area contributed by atoms with Crippen molar-refractivity contribution in [2.75, 3.05) is 11.9 Å². The number of pyridine rings is 1. The van der Waals surface area contributed by atoms with Gasteiger partial charge in [-0.05, 0) is 19.1 Å². The van der Waals surface area contributed by atoms with Gasteiger partial charge in [0.1, 0.15) is 5.82 Å². The van der Waals surface area contributed by atoms with E-state index in [-0.39, 0.29) is 20.1 Å². The third-order valence-electron chi connectivity index (χ3n) is 1.33. The normalized spacial score (nSPS) is 11.5. The van der Waals surface area contributed by atoms with Crippen LogP contribution in [0.5, 0.6) is 0 Å². The first-order chi connectivity index (χ1) is 5.33. The number of rotatable bonds is 3. The highest BCUT2D eigenvalue weighted by molar-refractivity contribution is 5.34. The summed E-state index contributed by atoms with van der Waals surface area (Å²) in [5.74, 6) is 0.800. The molecular formula is C9H16N2O. The molecule has 1 unspecified atom stereocenters. The van der Waals surface area contributed by atoms with Gasteiger partial charge < -0.3 is 10.4 Å². The van der Waals surface area contributed by atoms with Crippen molar-refractivity contribution >= 4 is 5.82 Å². The van der Waals surface area contributed by atoms with Crippen LogP contribution in [0.15, 0.2) is 24.4 Å². The van der Waals surface area contributed by atoms with Gasteiger partial charge in [0, 0.05) is 12.2 Å². The Hall–Kier alpha value is -1.09. The Bertz CT molecular complexity index is 201. The fourth-order valence-electron chi connectivity index (χ4n) is 0.746. The summed E-state index contributed by atoms with van der Waals surface area (Å²) in [6.45, 7) is 2.02. The summed E-state index contributed by atoms with van der Waals surface area (Å²) < 4.78 is 0. The minimum atomic E-state index is 0. The number of aliphatic hydroxyl groups is 1. The summed E-state index contributed by atoms with van der Waals surface area (Å²) in [5, 5.41) is 11.7. The minimum Gasteiger partial charge on any atom is -0.394 e. The first-order valence-corrected chi connectivity index (χ1v) is 3.61. The molecule has 0 fully saturated rings. The molecule has 3 heteroatoms. The zero-order valence-corrected chi connectivity index (χ0v) is 6.49. The highest BCUT2D eigenvalue weighted by Crippen LogP contribution is 2.01. The molecule has 0 aliphatic heterocycles. The molecule has 0 saturated carbocycles. The first kappa shape index (κ1) is 10.9. The first-order valence-electron chi connectivity index (χ1n) is 3.61. The molecule has 3 nitrogen and oxygen atoms in total. The highest BCUT2D eigenvalue weighted by Gasteiger charge is 1.97. The van der Waals surface area contributed by atoms with Gasteiger partial charge >= 0.3 is 0 Å². The van der Waals surface area contributed by atoms with Crippen LogP contribution in [0.25, 0.3) is 0 Å². The summed E-state index contributed by atoms with van der Waals surface area (Å²) in [7, 11) is 0. The van der Waals surface area contributed by atoms with E-state index in [0.717, 1.165) is 5.82 Å². The topological polar surface area (TPSA) is 45.1 Å². The molecule has 1 rings (SSSR count). The van der Waals surface area contributed by atoms with Gasteiger partial charge in [0.05, 0.1) is 6.61 Å². The molecule has 0 bridgehead atoms. The van der Waals surface area contributed by atoms with Crippen LogP contribution in [0.1, 0.15) is 14.4 Å². The van der Waals surface area contributed by atoms with Crippen LogP contribution >= 0.6 is 0 Å². The molecule has 1 aromatic rings. The number of hydrogen-bond donors (Lipinski definition) is 2. The van der Waals surface area contributed by atoms with Gasteiger partial charge in [-0.1, -0.05) is 13.5 Å². The van der Waals surface area contributed by atoms with Crippen LogP contribution in [0.3, 0.4) is 0 Å². The molecule has 0 aromatic carbocycles. The lowest BCUT2D eigenvalue weighted by Crippen LogP contribution is -2.19. The van der Waals surface area contributed by atoms with Gasteiger partial charge in [-0.2, -0.15) is 0 Å². The molecule has 1 heterocycles. The molecule has 0 saturated heterocycles. The highest BCUT2D eigenvalue weighted by atomic mass is 16.3. The Labute approximate surface area is 73.5 Å². The van der Waals surface area contributed by atoms with Crippen LogP contribution in [0.2, 0.25) is 0 Å². The number of aromatic nitrogens is 1. The lowest BCUT2D eigenvalue weighted by Gasteiger charge is -2.10. The fraction of sp³-hybridized carbons (Fsp3) is 0.444. The maximum atomic E-state index is 8.71. The quantitative estimate of drug-likeness (QED) is 0.719. The van der Waals surface area contributed by atoms with E-state index in [2.05, 4.69) is 10.3 Å². The van der Waals surface area contributed by atoms with Gasteiger partial charge in [-0.3, -0.25) is 0 Å². The summed E-state index contributed by atoms with van der Waals surface area (Å²) >= 11 is 0. The molecule has 68 valence electrons. The van der Waals surface area contributed by atoms with Crippen molar-refractivity contribution in [2.24, 2.45) is 0 Å². The van der Waals surface area contributed by atoms with E-state index in [9.17, 15) is 0 Å². The van der Waals surface area contributed by atoms with Crippen molar-refractivity contribution in [1.82, 2.24) is 4.98 Å². The molecular weight excluding hydrogens is 152 g/mol. The number of nitrogens with zero attached hydrogens (tertiary/aromatic N) is 1. The van der Waals surface area contributed by atoms with Crippen LogP contribution < -0.4 is 5.32 Å². The third-order valence-corrected chi connectivity index (χ3v) is 1.33. The molecule has 0 aliphatic carbocycles. The lowest BCUT2D eigenvalue weighted by molar-refractivity contribution is 0.281. The van der Waals surface area contributed by atoms with Crippen LogP contribution in [-0.4, -0.2) is 22.7 Å². The summed E-state index contributed by atoms with van der Waals surface area (Å²) in [5.41, 5.74) is 0. The Kier molecular flexibility index (Phi) is 5.04. The van der Waals surface area contributed by atoms with E-state index >= 15 is 0 Å². The average molecular weight is 168 g/mol. The van der Waals surface area contributed by atoms with Crippen molar-refractivity contribution in [3.8, 4) is 0 Å². The SMILES string of the molecule is C.CC(CO)Nc1ccccn1. The van der Waals surface area contributed by atoms with Crippen LogP contribution in [0, 0.1) is 0 Å². The predicted molar refractivity (Wildman–Crippen MR) is 51.1 cm³/mol. The molecule has 0 amide bonds. The molecule has 0 spiro atoms. The number of aliphatic hydroxyl groups excluding tert-OH is 1.